The number of hydrogen-bond acceptors (Lipinski definition) is 3. The minimum Gasteiger partial charge on any atom is -0.322 e. The second-order valence-electron chi connectivity index (χ2n) is 6.86. The molecule has 0 aliphatic rings. The lowest BCUT2D eigenvalue weighted by Crippen LogP contribution is -2.61. The van der Waals surface area contributed by atoms with Crippen LogP contribution in [0.5, 0.6) is 0 Å². The number of carbonyl (C=O) groups excluding carboxylic acids is 1. The molecular formula is C19H9F14NO3. The van der Waals surface area contributed by atoms with E-state index in [0.29, 0.717) is 6.07 Å². The Bertz CT molecular complexity index is 1130. The number of anilines is 1. The Kier molecular flexibility index (Phi) is 7.82. The quantitative estimate of drug-likeness (QED) is 0.329. The molecule has 0 fully saturated rings. The predicted octanol–water partition coefficient (Wildman–Crippen LogP) is 7.14. The summed E-state index contributed by atoms with van der Waals surface area (Å²) in [4.78, 5) is 12.0. The predicted molar refractivity (Wildman–Crippen MR) is 92.7 cm³/mol. The Morgan fingerprint density at radius 1 is 0.676 bits per heavy atom. The number of carbonyl (C=O) groups is 1. The summed E-state index contributed by atoms with van der Waals surface area (Å²) in [7, 11) is 0. The van der Waals surface area contributed by atoms with Gasteiger partial charge >= 0.3 is 36.5 Å². The maximum absolute atomic E-state index is 14.3. The molecule has 0 heterocycles. The van der Waals surface area contributed by atoms with Crippen molar-refractivity contribution in [3.05, 3.63) is 65.5 Å². The molecular weight excluding hydrogens is 556 g/mol. The number of alkyl halides is 13. The Balaban J connectivity index is 2.34. The van der Waals surface area contributed by atoms with Crippen LogP contribution in [0.2, 0.25) is 0 Å². The van der Waals surface area contributed by atoms with Gasteiger partial charge in [-0.05, 0) is 24.3 Å². The Hall–Kier alpha value is -3.15. The van der Waals surface area contributed by atoms with Gasteiger partial charge < -0.3 is 5.32 Å². The normalized spacial score (nSPS) is 14.0. The van der Waals surface area contributed by atoms with Crippen LogP contribution in [-0.4, -0.2) is 36.5 Å². The van der Waals surface area contributed by atoms with Crippen LogP contribution in [0.15, 0.2) is 48.5 Å². The number of nitrogens with one attached hydrogen (secondary N) is 1. The Morgan fingerprint density at radius 2 is 1.22 bits per heavy atom. The fourth-order valence-electron chi connectivity index (χ4n) is 2.47. The maximum atomic E-state index is 14.3. The van der Waals surface area contributed by atoms with E-state index in [1.54, 1.807) is 5.32 Å². The summed E-state index contributed by atoms with van der Waals surface area (Å²) < 4.78 is 189. The number of amides is 1. The van der Waals surface area contributed by atoms with Crippen molar-refractivity contribution in [3.8, 4) is 0 Å². The monoisotopic (exact) mass is 565 g/mol. The van der Waals surface area contributed by atoms with Crippen molar-refractivity contribution in [3.63, 3.8) is 0 Å². The van der Waals surface area contributed by atoms with E-state index in [1.807, 2.05) is 4.74 Å². The van der Waals surface area contributed by atoms with Gasteiger partial charge in [-0.1, -0.05) is 24.3 Å². The molecule has 0 aliphatic heterocycles. The largest absolute Gasteiger partial charge is 0.527 e. The number of benzene rings is 2. The van der Waals surface area contributed by atoms with Crippen molar-refractivity contribution < 1.29 is 75.7 Å². The summed E-state index contributed by atoms with van der Waals surface area (Å²) in [6.07, 6.45) is -28.1. The van der Waals surface area contributed by atoms with E-state index in [0.717, 1.165) is 18.2 Å². The van der Waals surface area contributed by atoms with Crippen LogP contribution in [0.4, 0.5) is 67.2 Å². The molecule has 1 amide bonds. The summed E-state index contributed by atoms with van der Waals surface area (Å²) in [5.41, 5.74) is -3.47. The van der Waals surface area contributed by atoms with Crippen LogP contribution < -0.4 is 5.32 Å². The first-order valence-electron chi connectivity index (χ1n) is 9.07. The highest BCUT2D eigenvalue weighted by molar-refractivity contribution is 6.04. The molecule has 0 saturated heterocycles. The molecule has 0 radical (unpaired) electrons. The van der Waals surface area contributed by atoms with Gasteiger partial charge in [-0.25, -0.2) is 13.9 Å². The summed E-state index contributed by atoms with van der Waals surface area (Å²) >= 11 is 0. The second-order valence-corrected chi connectivity index (χ2v) is 6.86. The van der Waals surface area contributed by atoms with E-state index >= 15 is 0 Å². The van der Waals surface area contributed by atoms with Gasteiger partial charge in [0.25, 0.3) is 5.91 Å². The van der Waals surface area contributed by atoms with E-state index < -0.39 is 65.1 Å². The van der Waals surface area contributed by atoms with E-state index in [4.69, 9.17) is 0 Å². The molecule has 0 saturated carbocycles. The third-order valence-electron chi connectivity index (χ3n) is 4.20. The lowest BCUT2D eigenvalue weighted by Gasteiger charge is -2.35. The minimum absolute atomic E-state index is 0.0202. The topological polar surface area (TPSA) is 47.6 Å². The standard InChI is InChI=1S/C19H9F14NO3/c20-12-7-2-1-6-11(12)13(35)34-10-5-3-4-9(8-10)14(21,22)16(25,26)36-17(27,28)15(23,24)18(29,30)37-19(31,32)33/h1-8H,(H,34,35). The molecule has 206 valence electrons. The molecule has 18 heteroatoms. The molecule has 2 rings (SSSR count). The molecule has 1 N–H and O–H groups in total. The molecule has 4 nitrogen and oxygen atoms in total. The van der Waals surface area contributed by atoms with Gasteiger partial charge in [-0.15, -0.1) is 13.2 Å². The van der Waals surface area contributed by atoms with Crippen LogP contribution in [0.3, 0.4) is 0 Å². The molecule has 37 heavy (non-hydrogen) atoms. The van der Waals surface area contributed by atoms with Gasteiger partial charge in [0, 0.05) is 11.3 Å². The van der Waals surface area contributed by atoms with Gasteiger partial charge in [0.1, 0.15) is 5.82 Å². The average Bonchev–Trinajstić information content (AvgIpc) is 2.71. The SMILES string of the molecule is O=C(Nc1cccc(C(F)(F)C(F)(F)OC(F)(F)C(F)(F)C(F)(F)OC(F)(F)F)c1)c1ccccc1F. The van der Waals surface area contributed by atoms with Crippen LogP contribution in [0, 0.1) is 5.82 Å². The van der Waals surface area contributed by atoms with Gasteiger partial charge in [0.15, 0.2) is 0 Å². The summed E-state index contributed by atoms with van der Waals surface area (Å²) in [5.74, 6) is -16.0. The van der Waals surface area contributed by atoms with E-state index in [2.05, 4.69) is 0 Å². The third-order valence-corrected chi connectivity index (χ3v) is 4.20. The van der Waals surface area contributed by atoms with Crippen molar-refractivity contribution in [1.29, 1.82) is 0 Å². The zero-order valence-electron chi connectivity index (χ0n) is 17.1. The van der Waals surface area contributed by atoms with Crippen LogP contribution in [0.1, 0.15) is 15.9 Å². The number of halogens is 14. The molecule has 0 aromatic heterocycles. The number of rotatable bonds is 9. The highest BCUT2D eigenvalue weighted by Gasteiger charge is 2.80. The number of hydrogen-bond donors (Lipinski definition) is 1. The van der Waals surface area contributed by atoms with Crippen LogP contribution in [-0.2, 0) is 15.4 Å². The zero-order chi connectivity index (χ0) is 28.7. The summed E-state index contributed by atoms with van der Waals surface area (Å²) in [5, 5.41) is 1.79. The van der Waals surface area contributed by atoms with Gasteiger partial charge in [-0.2, -0.15) is 43.9 Å². The first-order valence-corrected chi connectivity index (χ1v) is 9.07. The smallest absolute Gasteiger partial charge is 0.322 e. The number of ether oxygens (including phenoxy) is 2. The van der Waals surface area contributed by atoms with Crippen LogP contribution >= 0.6 is 0 Å². The summed E-state index contributed by atoms with van der Waals surface area (Å²) in [6.45, 7) is 0. The molecule has 0 unspecified atom stereocenters. The van der Waals surface area contributed by atoms with Crippen molar-refractivity contribution in [2.45, 2.75) is 36.5 Å². The molecule has 2 aromatic rings. The first-order chi connectivity index (χ1) is 16.5. The van der Waals surface area contributed by atoms with Gasteiger partial charge in [-0.3, -0.25) is 4.79 Å². The van der Waals surface area contributed by atoms with E-state index in [1.165, 1.54) is 16.9 Å². The molecule has 0 aliphatic carbocycles. The maximum Gasteiger partial charge on any atom is 0.527 e. The average molecular weight is 565 g/mol. The fourth-order valence-corrected chi connectivity index (χ4v) is 2.47. The van der Waals surface area contributed by atoms with Gasteiger partial charge in [0.05, 0.1) is 5.56 Å². The van der Waals surface area contributed by atoms with Gasteiger partial charge in [0.2, 0.25) is 0 Å². The fraction of sp³-hybridized carbons (Fsp3) is 0.316. The van der Waals surface area contributed by atoms with Crippen molar-refractivity contribution >= 4 is 11.6 Å². The first kappa shape index (κ1) is 30.1. The minimum atomic E-state index is -7.55. The Morgan fingerprint density at radius 3 is 1.76 bits per heavy atom. The zero-order valence-corrected chi connectivity index (χ0v) is 17.1. The van der Waals surface area contributed by atoms with Crippen molar-refractivity contribution in [2.24, 2.45) is 0 Å². The lowest BCUT2D eigenvalue weighted by atomic mass is 10.1. The lowest BCUT2D eigenvalue weighted by molar-refractivity contribution is -0.535. The highest BCUT2D eigenvalue weighted by Crippen LogP contribution is 2.54. The molecule has 0 spiro atoms. The van der Waals surface area contributed by atoms with E-state index in [-0.39, 0.29) is 12.1 Å². The molecule has 0 bridgehead atoms. The third kappa shape index (κ3) is 6.23. The van der Waals surface area contributed by atoms with Crippen molar-refractivity contribution in [1.82, 2.24) is 0 Å². The van der Waals surface area contributed by atoms with Crippen LogP contribution in [0.25, 0.3) is 0 Å². The second kappa shape index (κ2) is 9.62. The van der Waals surface area contributed by atoms with Crippen molar-refractivity contribution in [2.75, 3.05) is 5.32 Å². The highest BCUT2D eigenvalue weighted by atomic mass is 19.4. The van der Waals surface area contributed by atoms with E-state index in [9.17, 15) is 66.3 Å². The molecule has 2 aromatic carbocycles. The molecule has 0 atom stereocenters. The summed E-state index contributed by atoms with van der Waals surface area (Å²) in [6, 6.07) is 5.41. The Labute approximate surface area is 195 Å².